The van der Waals surface area contributed by atoms with E-state index < -0.39 is 0 Å². The molecule has 3 aromatic carbocycles. The monoisotopic (exact) mass is 333 g/mol. The minimum atomic E-state index is 0.00443. The highest BCUT2D eigenvalue weighted by atomic mass is 16.5. The normalized spacial score (nSPS) is 10.7. The Labute approximate surface area is 148 Å². The lowest BCUT2D eigenvalue weighted by atomic mass is 9.94. The zero-order valence-corrected chi connectivity index (χ0v) is 15.0. The number of carbonyl (C=O) groups excluding carboxylic acids is 1. The molecular weight excluding hydrogens is 310 g/mol. The van der Waals surface area contributed by atoms with Crippen LogP contribution in [0.1, 0.15) is 24.2 Å². The molecule has 0 heterocycles. The van der Waals surface area contributed by atoms with Gasteiger partial charge in [-0.3, -0.25) is 4.79 Å². The van der Waals surface area contributed by atoms with E-state index in [0.717, 1.165) is 21.9 Å². The molecule has 0 atom stereocenters. The van der Waals surface area contributed by atoms with Crippen LogP contribution in [0.15, 0.2) is 60.7 Å². The molecule has 0 saturated heterocycles. The predicted molar refractivity (Wildman–Crippen MR) is 103 cm³/mol. The molecule has 0 unspecified atom stereocenters. The summed E-state index contributed by atoms with van der Waals surface area (Å²) in [5.74, 6) is 0.650. The van der Waals surface area contributed by atoms with Gasteiger partial charge in [-0.25, -0.2) is 0 Å². The van der Waals surface area contributed by atoms with Crippen LogP contribution < -0.4 is 4.74 Å². The molecule has 0 spiro atoms. The predicted octanol–water partition coefficient (Wildman–Crippen LogP) is 5.00. The molecule has 0 fully saturated rings. The first kappa shape index (κ1) is 17.0. The Morgan fingerprint density at radius 1 is 0.920 bits per heavy atom. The summed E-state index contributed by atoms with van der Waals surface area (Å²) in [5.41, 5.74) is 2.76. The van der Waals surface area contributed by atoms with Gasteiger partial charge in [-0.05, 0) is 36.4 Å². The molecule has 0 aliphatic carbocycles. The van der Waals surface area contributed by atoms with Crippen LogP contribution in [0.2, 0.25) is 0 Å². The average molecular weight is 333 g/mol. The van der Waals surface area contributed by atoms with Crippen LogP contribution in [-0.2, 0) is 0 Å². The zero-order chi connectivity index (χ0) is 17.8. The van der Waals surface area contributed by atoms with Crippen molar-refractivity contribution in [2.45, 2.75) is 13.8 Å². The lowest BCUT2D eigenvalue weighted by Gasteiger charge is -2.22. The molecule has 128 valence electrons. The molecule has 0 aliphatic heterocycles. The van der Waals surface area contributed by atoms with E-state index in [-0.39, 0.29) is 5.91 Å². The Bertz CT molecular complexity index is 883. The average Bonchev–Trinajstić information content (AvgIpc) is 2.68. The Morgan fingerprint density at radius 3 is 2.12 bits per heavy atom. The van der Waals surface area contributed by atoms with E-state index in [1.54, 1.807) is 7.11 Å². The summed E-state index contributed by atoms with van der Waals surface area (Å²) >= 11 is 0. The Balaban J connectivity index is 2.32. The molecule has 25 heavy (non-hydrogen) atoms. The lowest BCUT2D eigenvalue weighted by Crippen LogP contribution is -2.30. The van der Waals surface area contributed by atoms with Crippen molar-refractivity contribution in [2.24, 2.45) is 0 Å². The van der Waals surface area contributed by atoms with Crippen LogP contribution in [0.5, 0.6) is 5.75 Å². The second-order valence-electron chi connectivity index (χ2n) is 5.89. The van der Waals surface area contributed by atoms with Crippen molar-refractivity contribution in [2.75, 3.05) is 20.2 Å². The van der Waals surface area contributed by atoms with Gasteiger partial charge in [0.1, 0.15) is 5.75 Å². The Hall–Kier alpha value is -2.81. The maximum atomic E-state index is 13.1. The van der Waals surface area contributed by atoms with Crippen molar-refractivity contribution < 1.29 is 9.53 Å². The van der Waals surface area contributed by atoms with Gasteiger partial charge in [0.05, 0.1) is 12.7 Å². The van der Waals surface area contributed by atoms with Crippen molar-refractivity contribution in [3.8, 4) is 16.9 Å². The summed E-state index contributed by atoms with van der Waals surface area (Å²) in [7, 11) is 1.63. The molecule has 0 saturated carbocycles. The smallest absolute Gasteiger partial charge is 0.257 e. The number of nitrogens with zero attached hydrogens (tertiary/aromatic N) is 1. The second kappa shape index (κ2) is 7.39. The van der Waals surface area contributed by atoms with Crippen LogP contribution in [0.25, 0.3) is 21.9 Å². The molecule has 3 heteroatoms. The zero-order valence-electron chi connectivity index (χ0n) is 15.0. The first-order valence-corrected chi connectivity index (χ1v) is 8.65. The summed E-state index contributed by atoms with van der Waals surface area (Å²) in [6.07, 6.45) is 0. The topological polar surface area (TPSA) is 29.5 Å². The first-order valence-electron chi connectivity index (χ1n) is 8.65. The second-order valence-corrected chi connectivity index (χ2v) is 5.89. The Morgan fingerprint density at radius 2 is 1.52 bits per heavy atom. The molecule has 3 aromatic rings. The highest BCUT2D eigenvalue weighted by molar-refractivity contribution is 6.09. The first-order chi connectivity index (χ1) is 12.2. The van der Waals surface area contributed by atoms with Crippen molar-refractivity contribution in [3.05, 3.63) is 66.2 Å². The third kappa shape index (κ3) is 3.10. The standard InChI is InChI=1S/C22H23NO2/c1-4-23(5-2)22(24)20-15-19(16-11-7-6-8-12-16)17-13-9-10-14-18(17)21(20)25-3/h6-15H,4-5H2,1-3H3. The Kier molecular flexibility index (Phi) is 5.03. The van der Waals surface area contributed by atoms with Gasteiger partial charge in [-0.15, -0.1) is 0 Å². The van der Waals surface area contributed by atoms with Crippen LogP contribution >= 0.6 is 0 Å². The van der Waals surface area contributed by atoms with Crippen LogP contribution in [-0.4, -0.2) is 31.0 Å². The van der Waals surface area contributed by atoms with Crippen molar-refractivity contribution in [1.29, 1.82) is 0 Å². The van der Waals surface area contributed by atoms with E-state index in [4.69, 9.17) is 4.74 Å². The highest BCUT2D eigenvalue weighted by Gasteiger charge is 2.21. The van der Waals surface area contributed by atoms with Gasteiger partial charge in [-0.2, -0.15) is 0 Å². The van der Waals surface area contributed by atoms with E-state index in [2.05, 4.69) is 18.2 Å². The quantitative estimate of drug-likeness (QED) is 0.658. The summed E-state index contributed by atoms with van der Waals surface area (Å²) in [6.45, 7) is 5.33. The molecule has 1 amide bonds. The van der Waals surface area contributed by atoms with Gasteiger partial charge in [-0.1, -0.05) is 54.6 Å². The van der Waals surface area contributed by atoms with E-state index in [0.29, 0.717) is 24.4 Å². The van der Waals surface area contributed by atoms with Crippen LogP contribution in [0.4, 0.5) is 0 Å². The van der Waals surface area contributed by atoms with Gasteiger partial charge in [0.2, 0.25) is 0 Å². The molecule has 0 aliphatic rings. The summed E-state index contributed by atoms with van der Waals surface area (Å²) in [5, 5.41) is 2.04. The number of benzene rings is 3. The number of hydrogen-bond acceptors (Lipinski definition) is 2. The number of hydrogen-bond donors (Lipinski definition) is 0. The molecular formula is C22H23NO2. The minimum absolute atomic E-state index is 0.00443. The third-order valence-corrected chi connectivity index (χ3v) is 4.57. The lowest BCUT2D eigenvalue weighted by molar-refractivity contribution is 0.0770. The largest absolute Gasteiger partial charge is 0.495 e. The van der Waals surface area contributed by atoms with Crippen LogP contribution in [0.3, 0.4) is 0 Å². The molecule has 3 rings (SSSR count). The molecule has 3 nitrogen and oxygen atoms in total. The maximum absolute atomic E-state index is 13.1. The van der Waals surface area contributed by atoms with Gasteiger partial charge in [0.15, 0.2) is 0 Å². The highest BCUT2D eigenvalue weighted by Crippen LogP contribution is 2.38. The minimum Gasteiger partial charge on any atom is -0.495 e. The van der Waals surface area contributed by atoms with E-state index in [1.165, 1.54) is 0 Å². The SMILES string of the molecule is CCN(CC)C(=O)c1cc(-c2ccccc2)c2ccccc2c1OC. The third-order valence-electron chi connectivity index (χ3n) is 4.57. The fourth-order valence-corrected chi connectivity index (χ4v) is 3.27. The molecule has 0 aromatic heterocycles. The summed E-state index contributed by atoms with van der Waals surface area (Å²) < 4.78 is 5.66. The van der Waals surface area contributed by atoms with Gasteiger partial charge in [0, 0.05) is 18.5 Å². The van der Waals surface area contributed by atoms with E-state index in [1.807, 2.05) is 61.2 Å². The van der Waals surface area contributed by atoms with Gasteiger partial charge >= 0.3 is 0 Å². The van der Waals surface area contributed by atoms with Gasteiger partial charge in [0.25, 0.3) is 5.91 Å². The van der Waals surface area contributed by atoms with Gasteiger partial charge < -0.3 is 9.64 Å². The van der Waals surface area contributed by atoms with Crippen LogP contribution in [0, 0.1) is 0 Å². The number of methoxy groups -OCH3 is 1. The number of amides is 1. The molecule has 0 radical (unpaired) electrons. The molecule has 0 bridgehead atoms. The maximum Gasteiger partial charge on any atom is 0.257 e. The number of fused-ring (bicyclic) bond motifs is 1. The molecule has 0 N–H and O–H groups in total. The number of rotatable bonds is 5. The van der Waals surface area contributed by atoms with Crippen molar-refractivity contribution in [3.63, 3.8) is 0 Å². The van der Waals surface area contributed by atoms with Crippen molar-refractivity contribution in [1.82, 2.24) is 4.90 Å². The fourth-order valence-electron chi connectivity index (χ4n) is 3.27. The number of carbonyl (C=O) groups is 1. The summed E-state index contributed by atoms with van der Waals surface area (Å²) in [6, 6.07) is 20.2. The number of ether oxygens (including phenoxy) is 1. The summed E-state index contributed by atoms with van der Waals surface area (Å²) in [4.78, 5) is 14.9. The fraction of sp³-hybridized carbons (Fsp3) is 0.227. The van der Waals surface area contributed by atoms with Crippen molar-refractivity contribution >= 4 is 16.7 Å². The van der Waals surface area contributed by atoms with E-state index >= 15 is 0 Å². The van der Waals surface area contributed by atoms with E-state index in [9.17, 15) is 4.79 Å².